The molecule has 0 saturated carbocycles. The van der Waals surface area contributed by atoms with E-state index in [1.165, 1.54) is 18.7 Å². The molecule has 194 valence electrons. The molecule has 4 amide bonds. The van der Waals surface area contributed by atoms with Crippen LogP contribution in [0.1, 0.15) is 39.0 Å². The maximum atomic E-state index is 12.9. The van der Waals surface area contributed by atoms with Crippen LogP contribution in [-0.2, 0) is 24.0 Å². The molecule has 0 saturated heterocycles. The summed E-state index contributed by atoms with van der Waals surface area (Å²) in [6.07, 6.45) is 2.01. The molecule has 0 radical (unpaired) electrons. The topological polar surface area (TPSA) is 258 Å². The molecule has 0 aliphatic rings. The van der Waals surface area contributed by atoms with Gasteiger partial charge in [-0.3, -0.25) is 24.2 Å². The van der Waals surface area contributed by atoms with Gasteiger partial charge in [-0.2, -0.15) is 11.8 Å². The van der Waals surface area contributed by atoms with Gasteiger partial charge in [-0.1, -0.05) is 0 Å². The Hall–Kier alpha value is -3.07. The molecule has 0 aliphatic heterocycles. The van der Waals surface area contributed by atoms with E-state index in [2.05, 4.69) is 20.9 Å². The number of nitrogens with two attached hydrogens (primary N) is 4. The highest BCUT2D eigenvalue weighted by Gasteiger charge is 2.29. The van der Waals surface area contributed by atoms with Crippen LogP contribution in [0.25, 0.3) is 0 Å². The van der Waals surface area contributed by atoms with Crippen molar-refractivity contribution in [2.45, 2.75) is 63.2 Å². The van der Waals surface area contributed by atoms with Crippen LogP contribution in [0.3, 0.4) is 0 Å². The van der Waals surface area contributed by atoms with E-state index >= 15 is 0 Å². The lowest BCUT2D eigenvalue weighted by atomic mass is 10.1. The maximum Gasteiger partial charge on any atom is 0.326 e. The first-order valence-corrected chi connectivity index (χ1v) is 12.0. The van der Waals surface area contributed by atoms with Crippen LogP contribution in [-0.4, -0.2) is 83.4 Å². The highest BCUT2D eigenvalue weighted by atomic mass is 32.2. The fraction of sp³-hybridized carbons (Fsp3) is 0.684. The molecular formula is C19H36N8O6S. The van der Waals surface area contributed by atoms with Crippen LogP contribution >= 0.6 is 11.8 Å². The number of thioether (sulfide) groups is 1. The van der Waals surface area contributed by atoms with Gasteiger partial charge in [-0.05, 0) is 44.6 Å². The summed E-state index contributed by atoms with van der Waals surface area (Å²) in [5.41, 5.74) is 21.2. The number of hydrogen-bond acceptors (Lipinski definition) is 8. The van der Waals surface area contributed by atoms with E-state index in [4.69, 9.17) is 22.9 Å². The summed E-state index contributed by atoms with van der Waals surface area (Å²) in [6, 6.07) is -4.34. The first-order chi connectivity index (χ1) is 15.9. The largest absolute Gasteiger partial charge is 0.480 e. The van der Waals surface area contributed by atoms with Crippen molar-refractivity contribution in [2.75, 3.05) is 18.6 Å². The zero-order chi connectivity index (χ0) is 26.3. The number of guanidine groups is 1. The molecular weight excluding hydrogens is 468 g/mol. The lowest BCUT2D eigenvalue weighted by Crippen LogP contribution is -2.57. The van der Waals surface area contributed by atoms with Gasteiger partial charge < -0.3 is 44.0 Å². The van der Waals surface area contributed by atoms with Crippen LogP contribution in [0.2, 0.25) is 0 Å². The van der Waals surface area contributed by atoms with Gasteiger partial charge >= 0.3 is 5.97 Å². The molecule has 15 heteroatoms. The number of aliphatic imine (C=N–C) groups is 1. The zero-order valence-electron chi connectivity index (χ0n) is 19.4. The van der Waals surface area contributed by atoms with Crippen molar-refractivity contribution < 1.29 is 29.1 Å². The van der Waals surface area contributed by atoms with Gasteiger partial charge in [0.05, 0.1) is 6.04 Å². The average Bonchev–Trinajstić information content (AvgIpc) is 2.74. The summed E-state index contributed by atoms with van der Waals surface area (Å²) in [4.78, 5) is 64.0. The fourth-order valence-corrected chi connectivity index (χ4v) is 3.14. The predicted octanol–water partition coefficient (Wildman–Crippen LogP) is -3.06. The summed E-state index contributed by atoms with van der Waals surface area (Å²) < 4.78 is 0. The Morgan fingerprint density at radius 1 is 0.882 bits per heavy atom. The van der Waals surface area contributed by atoms with E-state index in [0.29, 0.717) is 5.75 Å². The summed E-state index contributed by atoms with van der Waals surface area (Å²) in [6.45, 7) is 1.64. The van der Waals surface area contributed by atoms with Gasteiger partial charge in [0.2, 0.25) is 23.6 Å². The fourth-order valence-electron chi connectivity index (χ4n) is 2.67. The molecule has 14 nitrogen and oxygen atoms in total. The minimum atomic E-state index is -1.39. The third-order valence-corrected chi connectivity index (χ3v) is 5.17. The molecule has 0 aromatic heterocycles. The second-order valence-electron chi connectivity index (χ2n) is 7.55. The van der Waals surface area contributed by atoms with E-state index in [-0.39, 0.29) is 44.6 Å². The summed E-state index contributed by atoms with van der Waals surface area (Å²) in [5, 5.41) is 16.8. The Kier molecular flexibility index (Phi) is 15.0. The van der Waals surface area contributed by atoms with Crippen molar-refractivity contribution in [1.29, 1.82) is 0 Å². The Morgan fingerprint density at radius 2 is 1.41 bits per heavy atom. The molecule has 34 heavy (non-hydrogen) atoms. The Labute approximate surface area is 202 Å². The number of carbonyl (C=O) groups excluding carboxylic acids is 4. The average molecular weight is 505 g/mol. The van der Waals surface area contributed by atoms with Crippen molar-refractivity contribution >= 4 is 47.3 Å². The first-order valence-electron chi connectivity index (χ1n) is 10.6. The van der Waals surface area contributed by atoms with Gasteiger partial charge in [-0.25, -0.2) is 4.79 Å². The van der Waals surface area contributed by atoms with Gasteiger partial charge in [0.25, 0.3) is 0 Å². The van der Waals surface area contributed by atoms with Crippen LogP contribution in [0.4, 0.5) is 0 Å². The smallest absolute Gasteiger partial charge is 0.326 e. The summed E-state index contributed by atoms with van der Waals surface area (Å²) >= 11 is 1.46. The van der Waals surface area contributed by atoms with Gasteiger partial charge in [-0.15, -0.1) is 0 Å². The van der Waals surface area contributed by atoms with Crippen molar-refractivity contribution in [3.8, 4) is 0 Å². The number of rotatable bonds is 17. The number of amides is 4. The second-order valence-corrected chi connectivity index (χ2v) is 8.53. The van der Waals surface area contributed by atoms with Crippen molar-refractivity contribution in [3.05, 3.63) is 0 Å². The van der Waals surface area contributed by atoms with E-state index in [9.17, 15) is 29.1 Å². The maximum absolute atomic E-state index is 12.9. The predicted molar refractivity (Wildman–Crippen MR) is 128 cm³/mol. The number of carboxylic acid groups (broad SMARTS) is 1. The standard InChI is InChI=1S/C19H36N8O6S/c1-10(20)15(29)25-12(7-9-34-2)17(31)26-11(4-3-8-24-19(22)23)16(30)27-13(18(32)33)5-6-14(21)28/h10-13H,3-9,20H2,1-2H3,(H2,21,28)(H,25,29)(H,26,31)(H,27,30)(H,32,33)(H4,22,23,24). The van der Waals surface area contributed by atoms with Crippen molar-refractivity contribution in [3.63, 3.8) is 0 Å². The molecule has 0 bridgehead atoms. The zero-order valence-corrected chi connectivity index (χ0v) is 20.2. The molecule has 0 spiro atoms. The molecule has 4 unspecified atom stereocenters. The van der Waals surface area contributed by atoms with Gasteiger partial charge in [0.1, 0.15) is 18.1 Å². The molecule has 0 aliphatic carbocycles. The summed E-state index contributed by atoms with van der Waals surface area (Å²) in [5.74, 6) is -3.62. The lowest BCUT2D eigenvalue weighted by molar-refractivity contribution is -0.142. The number of aliphatic carboxylic acids is 1. The first kappa shape index (κ1) is 30.9. The number of nitrogens with zero attached hydrogens (tertiary/aromatic N) is 1. The molecule has 0 rings (SSSR count). The highest BCUT2D eigenvalue weighted by molar-refractivity contribution is 7.98. The number of nitrogens with one attached hydrogen (secondary N) is 3. The van der Waals surface area contributed by atoms with Crippen LogP contribution in [0.5, 0.6) is 0 Å². The minimum Gasteiger partial charge on any atom is -0.480 e. The van der Waals surface area contributed by atoms with Crippen molar-refractivity contribution in [2.24, 2.45) is 27.9 Å². The summed E-state index contributed by atoms with van der Waals surface area (Å²) in [7, 11) is 0. The number of carbonyl (C=O) groups is 5. The van der Waals surface area contributed by atoms with Gasteiger partial charge in [0, 0.05) is 13.0 Å². The van der Waals surface area contributed by atoms with Crippen LogP contribution in [0, 0.1) is 0 Å². The normalized spacial score (nSPS) is 14.1. The lowest BCUT2D eigenvalue weighted by Gasteiger charge is -2.25. The molecule has 0 fully saturated rings. The van der Waals surface area contributed by atoms with E-state index in [0.717, 1.165) is 0 Å². The van der Waals surface area contributed by atoms with E-state index < -0.39 is 53.8 Å². The van der Waals surface area contributed by atoms with Gasteiger partial charge in [0.15, 0.2) is 5.96 Å². The number of carboxylic acids is 1. The molecule has 0 heterocycles. The molecule has 0 aromatic carbocycles. The number of primary amides is 1. The second kappa shape index (κ2) is 16.5. The Bertz CT molecular complexity index is 744. The molecule has 4 atom stereocenters. The van der Waals surface area contributed by atoms with E-state index in [1.54, 1.807) is 0 Å². The van der Waals surface area contributed by atoms with Crippen LogP contribution in [0.15, 0.2) is 4.99 Å². The third kappa shape index (κ3) is 13.5. The monoisotopic (exact) mass is 504 g/mol. The number of hydrogen-bond donors (Lipinski definition) is 8. The SMILES string of the molecule is CSCCC(NC(=O)C(C)N)C(=O)NC(CCCN=C(N)N)C(=O)NC(CCC(N)=O)C(=O)O. The highest BCUT2D eigenvalue weighted by Crippen LogP contribution is 2.06. The van der Waals surface area contributed by atoms with E-state index in [1.807, 2.05) is 6.26 Å². The Morgan fingerprint density at radius 3 is 1.88 bits per heavy atom. The van der Waals surface area contributed by atoms with Crippen LogP contribution < -0.4 is 38.9 Å². The molecule has 12 N–H and O–H groups in total. The quantitative estimate of drug-likeness (QED) is 0.0563. The van der Waals surface area contributed by atoms with Crippen molar-refractivity contribution in [1.82, 2.24) is 16.0 Å². The Balaban J connectivity index is 5.52. The molecule has 0 aromatic rings. The minimum absolute atomic E-state index is 0.0764. The third-order valence-electron chi connectivity index (χ3n) is 4.53.